The number of allylic oxidation sites excluding steroid dienone is 3. The van der Waals surface area contributed by atoms with E-state index in [0.717, 1.165) is 18.7 Å². The number of benzene rings is 2. The number of aliphatic hydroxyl groups is 1. The summed E-state index contributed by atoms with van der Waals surface area (Å²) >= 11 is 0. The average molecular weight is 522 g/mol. The minimum atomic E-state index is -4.68. The number of halogens is 3. The maximum absolute atomic E-state index is 13.3. The van der Waals surface area contributed by atoms with Crippen molar-refractivity contribution in [3.8, 4) is 0 Å². The molecular weight excluding hydrogens is 495 g/mol. The van der Waals surface area contributed by atoms with Crippen molar-refractivity contribution in [3.63, 3.8) is 0 Å². The van der Waals surface area contributed by atoms with Crippen molar-refractivity contribution < 1.29 is 31.5 Å². The monoisotopic (exact) mass is 521 g/mol. The number of alkyl halides is 3. The van der Waals surface area contributed by atoms with Gasteiger partial charge in [0.1, 0.15) is 0 Å². The summed E-state index contributed by atoms with van der Waals surface area (Å²) in [7, 11) is -3.00. The van der Waals surface area contributed by atoms with E-state index in [0.29, 0.717) is 48.6 Å². The lowest BCUT2D eigenvalue weighted by molar-refractivity contribution is -0.137. The van der Waals surface area contributed by atoms with E-state index in [9.17, 15) is 31.5 Å². The van der Waals surface area contributed by atoms with Gasteiger partial charge in [0.05, 0.1) is 10.5 Å². The molecule has 0 bridgehead atoms. The van der Waals surface area contributed by atoms with E-state index >= 15 is 0 Å². The van der Waals surface area contributed by atoms with Crippen LogP contribution in [0.2, 0.25) is 0 Å². The standard InChI is InChI=1S/C25H26F3N3O4S/c1-29-36(34,35)21-14-18(25(26,27)28)11-12-19(21)16-7-9-17(10-8-16)22-20(23(32)31-24(33)30-22)13-15-5-3-2-4-6-15/h2-7,11-12,14,17,24,29-30,33H,8-10,13H2,1H3,(H,31,32). The van der Waals surface area contributed by atoms with Gasteiger partial charge in [-0.15, -0.1) is 0 Å². The molecule has 0 spiro atoms. The van der Waals surface area contributed by atoms with Gasteiger partial charge >= 0.3 is 6.18 Å². The molecule has 0 saturated carbocycles. The molecule has 2 aromatic rings. The molecule has 7 nitrogen and oxygen atoms in total. The van der Waals surface area contributed by atoms with Crippen LogP contribution in [0.3, 0.4) is 0 Å². The summed E-state index contributed by atoms with van der Waals surface area (Å²) < 4.78 is 67.0. The first-order valence-electron chi connectivity index (χ1n) is 11.4. The van der Waals surface area contributed by atoms with Gasteiger partial charge in [-0.2, -0.15) is 13.2 Å². The number of carbonyl (C=O) groups is 1. The van der Waals surface area contributed by atoms with Crippen molar-refractivity contribution in [1.29, 1.82) is 0 Å². The first-order valence-corrected chi connectivity index (χ1v) is 12.8. The van der Waals surface area contributed by atoms with Crippen LogP contribution in [0.1, 0.15) is 36.0 Å². The Morgan fingerprint density at radius 3 is 2.44 bits per heavy atom. The first kappa shape index (κ1) is 25.9. The summed E-state index contributed by atoms with van der Waals surface area (Å²) in [6.45, 7) is 0. The van der Waals surface area contributed by atoms with Crippen molar-refractivity contribution in [2.24, 2.45) is 5.92 Å². The number of amides is 1. The molecule has 0 radical (unpaired) electrons. The fraction of sp³-hybridized carbons (Fsp3) is 0.320. The third kappa shape index (κ3) is 5.48. The predicted octanol–water partition coefficient (Wildman–Crippen LogP) is 3.29. The predicted molar refractivity (Wildman–Crippen MR) is 127 cm³/mol. The van der Waals surface area contributed by atoms with Crippen LogP contribution in [0, 0.1) is 5.92 Å². The van der Waals surface area contributed by atoms with Crippen LogP contribution in [0.25, 0.3) is 5.57 Å². The molecule has 1 heterocycles. The largest absolute Gasteiger partial charge is 0.416 e. The normalized spacial score (nSPS) is 21.0. The highest BCUT2D eigenvalue weighted by atomic mass is 32.2. The van der Waals surface area contributed by atoms with E-state index < -0.39 is 33.0 Å². The summed E-state index contributed by atoms with van der Waals surface area (Å²) in [5.41, 5.74) is 1.82. The van der Waals surface area contributed by atoms with Crippen molar-refractivity contribution in [2.45, 2.75) is 43.1 Å². The molecule has 2 unspecified atom stereocenters. The second-order valence-electron chi connectivity index (χ2n) is 8.69. The number of nitrogens with one attached hydrogen (secondary N) is 3. The fourth-order valence-corrected chi connectivity index (χ4v) is 5.57. The van der Waals surface area contributed by atoms with Crippen LogP contribution in [-0.2, 0) is 27.4 Å². The number of carbonyl (C=O) groups excluding carboxylic acids is 1. The maximum atomic E-state index is 13.3. The van der Waals surface area contributed by atoms with Crippen molar-refractivity contribution in [1.82, 2.24) is 15.4 Å². The lowest BCUT2D eigenvalue weighted by atomic mass is 9.82. The van der Waals surface area contributed by atoms with Gasteiger partial charge in [-0.25, -0.2) is 13.1 Å². The van der Waals surface area contributed by atoms with Crippen LogP contribution in [0.4, 0.5) is 13.2 Å². The molecule has 0 fully saturated rings. The lowest BCUT2D eigenvalue weighted by Crippen LogP contribution is -2.52. The van der Waals surface area contributed by atoms with Crippen LogP contribution >= 0.6 is 0 Å². The van der Waals surface area contributed by atoms with E-state index in [-0.39, 0.29) is 17.4 Å². The van der Waals surface area contributed by atoms with E-state index in [4.69, 9.17) is 0 Å². The van der Waals surface area contributed by atoms with Crippen LogP contribution < -0.4 is 15.4 Å². The Morgan fingerprint density at radius 1 is 1.11 bits per heavy atom. The molecule has 11 heteroatoms. The molecule has 1 amide bonds. The Kier molecular flexibility index (Phi) is 7.26. The van der Waals surface area contributed by atoms with Gasteiger partial charge in [0.25, 0.3) is 5.91 Å². The quantitative estimate of drug-likeness (QED) is 0.467. The van der Waals surface area contributed by atoms with Crippen molar-refractivity contribution >= 4 is 21.5 Å². The Labute approximate surface area is 207 Å². The SMILES string of the molecule is CNS(=O)(=O)c1cc(C(F)(F)F)ccc1C1=CCC(C2=C(Cc3ccccc3)C(=O)NC(O)N2)CC1. The minimum absolute atomic E-state index is 0.160. The lowest BCUT2D eigenvalue weighted by Gasteiger charge is -2.33. The molecule has 2 atom stereocenters. The van der Waals surface area contributed by atoms with Gasteiger partial charge in [-0.05, 0) is 55.1 Å². The number of hydrogen-bond acceptors (Lipinski definition) is 5. The fourth-order valence-electron chi connectivity index (χ4n) is 4.58. The number of sulfonamides is 1. The summed E-state index contributed by atoms with van der Waals surface area (Å²) in [5, 5.41) is 15.5. The molecule has 36 heavy (non-hydrogen) atoms. The summed E-state index contributed by atoms with van der Waals surface area (Å²) in [4.78, 5) is 12.3. The molecular formula is C25H26F3N3O4S. The van der Waals surface area contributed by atoms with E-state index in [2.05, 4.69) is 15.4 Å². The number of rotatable bonds is 6. The first-order chi connectivity index (χ1) is 17.0. The molecule has 1 aliphatic carbocycles. The molecule has 0 aromatic heterocycles. The third-order valence-corrected chi connectivity index (χ3v) is 7.87. The van der Waals surface area contributed by atoms with Gasteiger partial charge in [-0.3, -0.25) is 4.79 Å². The van der Waals surface area contributed by atoms with Crippen LogP contribution in [0.5, 0.6) is 0 Å². The highest BCUT2D eigenvalue weighted by molar-refractivity contribution is 7.89. The second-order valence-corrected chi connectivity index (χ2v) is 10.5. The Balaban J connectivity index is 1.67. The Hall–Kier alpha value is -3.15. The molecule has 192 valence electrons. The summed E-state index contributed by atoms with van der Waals surface area (Å²) in [6, 6.07) is 12.1. The summed E-state index contributed by atoms with van der Waals surface area (Å²) in [5.74, 6) is -0.535. The zero-order valence-electron chi connectivity index (χ0n) is 19.4. The Bertz CT molecular complexity index is 1320. The molecule has 2 aliphatic rings. The van der Waals surface area contributed by atoms with Crippen LogP contribution in [0.15, 0.2) is 70.8 Å². The second kappa shape index (κ2) is 10.1. The van der Waals surface area contributed by atoms with Gasteiger partial charge in [-0.1, -0.05) is 42.5 Å². The third-order valence-electron chi connectivity index (χ3n) is 6.42. The smallest absolute Gasteiger partial charge is 0.356 e. The molecule has 0 saturated heterocycles. The van der Waals surface area contributed by atoms with Gasteiger partial charge in [0.2, 0.25) is 16.4 Å². The summed E-state index contributed by atoms with van der Waals surface area (Å²) in [6.07, 6.45) is -2.47. The van der Waals surface area contributed by atoms with Gasteiger partial charge in [0.15, 0.2) is 0 Å². The molecule has 1 aliphatic heterocycles. The average Bonchev–Trinajstić information content (AvgIpc) is 2.85. The van der Waals surface area contributed by atoms with Gasteiger partial charge < -0.3 is 15.7 Å². The highest BCUT2D eigenvalue weighted by Crippen LogP contribution is 2.39. The maximum Gasteiger partial charge on any atom is 0.416 e. The van der Waals surface area contributed by atoms with E-state index in [1.807, 2.05) is 30.3 Å². The van der Waals surface area contributed by atoms with E-state index in [1.54, 1.807) is 6.08 Å². The van der Waals surface area contributed by atoms with Crippen LogP contribution in [-0.4, -0.2) is 32.8 Å². The van der Waals surface area contributed by atoms with Crippen molar-refractivity contribution in [3.05, 3.63) is 82.6 Å². The van der Waals surface area contributed by atoms with Gasteiger partial charge in [0, 0.05) is 23.6 Å². The topological polar surface area (TPSA) is 108 Å². The zero-order valence-corrected chi connectivity index (χ0v) is 20.2. The Morgan fingerprint density at radius 2 is 1.83 bits per heavy atom. The minimum Gasteiger partial charge on any atom is -0.356 e. The molecule has 4 N–H and O–H groups in total. The van der Waals surface area contributed by atoms with E-state index in [1.165, 1.54) is 6.07 Å². The number of hydrogen-bond donors (Lipinski definition) is 4. The highest BCUT2D eigenvalue weighted by Gasteiger charge is 2.34. The van der Waals surface area contributed by atoms with Crippen molar-refractivity contribution in [2.75, 3.05) is 7.05 Å². The zero-order chi connectivity index (χ0) is 26.1. The number of aliphatic hydroxyl groups excluding tert-OH is 1. The molecule has 4 rings (SSSR count). The molecule has 2 aromatic carbocycles.